The van der Waals surface area contributed by atoms with Gasteiger partial charge in [0.25, 0.3) is 0 Å². The van der Waals surface area contributed by atoms with Crippen LogP contribution in [0.25, 0.3) is 0 Å². The lowest BCUT2D eigenvalue weighted by molar-refractivity contribution is 0.174. The van der Waals surface area contributed by atoms with Gasteiger partial charge in [-0.3, -0.25) is 5.32 Å². The zero-order chi connectivity index (χ0) is 10.1. The van der Waals surface area contributed by atoms with Gasteiger partial charge in [0.1, 0.15) is 0 Å². The number of hydrogen-bond acceptors (Lipinski definition) is 3. The number of nitrogens with one attached hydrogen (secondary N) is 1. The Balaban J connectivity index is 2.37. The minimum absolute atomic E-state index is 0.186. The van der Waals surface area contributed by atoms with Gasteiger partial charge >= 0.3 is 6.09 Å². The molecular formula is C9H9NO4. The number of fused-ring (bicyclic) bond motifs is 1. The highest BCUT2D eigenvalue weighted by Gasteiger charge is 2.16. The third kappa shape index (κ3) is 1.44. The van der Waals surface area contributed by atoms with Crippen molar-refractivity contribution in [2.24, 2.45) is 0 Å². The molecule has 5 heteroatoms. The van der Waals surface area contributed by atoms with Crippen molar-refractivity contribution in [2.75, 3.05) is 12.1 Å². The Labute approximate surface area is 80.3 Å². The number of carboxylic acid groups (broad SMARTS) is 1. The van der Waals surface area contributed by atoms with Crippen LogP contribution in [0.2, 0.25) is 0 Å². The smallest absolute Gasteiger partial charge is 0.409 e. The lowest BCUT2D eigenvalue weighted by atomic mass is 10.2. The van der Waals surface area contributed by atoms with Crippen molar-refractivity contribution in [1.29, 1.82) is 0 Å². The molecule has 0 fully saturated rings. The number of ether oxygens (including phenoxy) is 2. The Hall–Kier alpha value is -1.91. The van der Waals surface area contributed by atoms with Gasteiger partial charge in [-0.2, -0.15) is 0 Å². The zero-order valence-electron chi connectivity index (χ0n) is 7.53. The topological polar surface area (TPSA) is 67.8 Å². The number of hydrogen-bond donors (Lipinski definition) is 2. The van der Waals surface area contributed by atoms with Gasteiger partial charge in [0, 0.05) is 6.07 Å². The van der Waals surface area contributed by atoms with E-state index in [9.17, 15) is 4.79 Å². The van der Waals surface area contributed by atoms with Crippen LogP contribution in [0.1, 0.15) is 5.56 Å². The lowest BCUT2D eigenvalue weighted by Crippen LogP contribution is -2.08. The van der Waals surface area contributed by atoms with Crippen LogP contribution in [-0.2, 0) is 0 Å². The zero-order valence-corrected chi connectivity index (χ0v) is 7.53. The summed E-state index contributed by atoms with van der Waals surface area (Å²) in [5.74, 6) is 1.22. The number of carbonyl (C=O) groups is 1. The number of anilines is 1. The summed E-state index contributed by atoms with van der Waals surface area (Å²) >= 11 is 0. The van der Waals surface area contributed by atoms with E-state index >= 15 is 0 Å². The molecule has 0 saturated carbocycles. The van der Waals surface area contributed by atoms with Crippen LogP contribution in [0.15, 0.2) is 12.1 Å². The molecule has 74 valence electrons. The average Bonchev–Trinajstić information content (AvgIpc) is 2.51. The molecule has 1 aliphatic rings. The molecule has 0 bridgehead atoms. The summed E-state index contributed by atoms with van der Waals surface area (Å²) in [7, 11) is 0. The second-order valence-electron chi connectivity index (χ2n) is 2.95. The lowest BCUT2D eigenvalue weighted by Gasteiger charge is -2.06. The predicted molar refractivity (Wildman–Crippen MR) is 48.9 cm³/mol. The summed E-state index contributed by atoms with van der Waals surface area (Å²) < 4.78 is 10.3. The van der Waals surface area contributed by atoms with E-state index in [0.29, 0.717) is 17.2 Å². The maximum atomic E-state index is 10.4. The van der Waals surface area contributed by atoms with Gasteiger partial charge in [0.15, 0.2) is 11.5 Å². The molecule has 1 aromatic carbocycles. The van der Waals surface area contributed by atoms with E-state index in [-0.39, 0.29) is 6.79 Å². The fourth-order valence-electron chi connectivity index (χ4n) is 1.29. The van der Waals surface area contributed by atoms with Crippen LogP contribution in [-0.4, -0.2) is 18.0 Å². The molecule has 0 saturated heterocycles. The van der Waals surface area contributed by atoms with Gasteiger partial charge in [-0.1, -0.05) is 0 Å². The van der Waals surface area contributed by atoms with Crippen molar-refractivity contribution in [1.82, 2.24) is 0 Å². The first-order valence-electron chi connectivity index (χ1n) is 4.07. The van der Waals surface area contributed by atoms with Gasteiger partial charge in [0.05, 0.1) is 5.69 Å². The van der Waals surface area contributed by atoms with Gasteiger partial charge in [-0.25, -0.2) is 4.79 Å². The highest BCUT2D eigenvalue weighted by atomic mass is 16.7. The molecular weight excluding hydrogens is 186 g/mol. The molecule has 14 heavy (non-hydrogen) atoms. The normalized spacial score (nSPS) is 12.6. The average molecular weight is 195 g/mol. The number of benzene rings is 1. The molecule has 5 nitrogen and oxygen atoms in total. The molecule has 0 aliphatic carbocycles. The Morgan fingerprint density at radius 1 is 1.43 bits per heavy atom. The van der Waals surface area contributed by atoms with Crippen LogP contribution in [0, 0.1) is 6.92 Å². The monoisotopic (exact) mass is 195 g/mol. The van der Waals surface area contributed by atoms with Gasteiger partial charge in [-0.15, -0.1) is 0 Å². The largest absolute Gasteiger partial charge is 0.465 e. The second-order valence-corrected chi connectivity index (χ2v) is 2.95. The highest BCUT2D eigenvalue weighted by molar-refractivity contribution is 5.84. The molecule has 1 amide bonds. The van der Waals surface area contributed by atoms with Crippen LogP contribution in [0.5, 0.6) is 11.5 Å². The van der Waals surface area contributed by atoms with Crippen molar-refractivity contribution in [3.63, 3.8) is 0 Å². The van der Waals surface area contributed by atoms with Gasteiger partial charge in [-0.05, 0) is 18.6 Å². The molecule has 2 N–H and O–H groups in total. The van der Waals surface area contributed by atoms with E-state index in [1.54, 1.807) is 19.1 Å². The van der Waals surface area contributed by atoms with Crippen LogP contribution in [0.3, 0.4) is 0 Å². The van der Waals surface area contributed by atoms with Crippen molar-refractivity contribution in [3.8, 4) is 11.5 Å². The third-order valence-electron chi connectivity index (χ3n) is 1.96. The number of amides is 1. The first kappa shape index (κ1) is 8.68. The molecule has 1 aromatic rings. The van der Waals surface area contributed by atoms with E-state index < -0.39 is 6.09 Å². The van der Waals surface area contributed by atoms with Crippen molar-refractivity contribution in [2.45, 2.75) is 6.92 Å². The molecule has 0 unspecified atom stereocenters. The first-order chi connectivity index (χ1) is 6.66. The van der Waals surface area contributed by atoms with Crippen LogP contribution in [0.4, 0.5) is 10.5 Å². The van der Waals surface area contributed by atoms with Gasteiger partial charge in [0.2, 0.25) is 6.79 Å². The molecule has 0 spiro atoms. The summed E-state index contributed by atoms with van der Waals surface area (Å²) in [5, 5.41) is 10.8. The molecule has 0 radical (unpaired) electrons. The van der Waals surface area contributed by atoms with E-state index in [1.165, 1.54) is 0 Å². The Morgan fingerprint density at radius 2 is 2.07 bits per heavy atom. The fraction of sp³-hybridized carbons (Fsp3) is 0.222. The first-order valence-corrected chi connectivity index (χ1v) is 4.07. The maximum absolute atomic E-state index is 10.4. The quantitative estimate of drug-likeness (QED) is 0.717. The third-order valence-corrected chi connectivity index (χ3v) is 1.96. The summed E-state index contributed by atoms with van der Waals surface area (Å²) in [5.41, 5.74) is 1.32. The van der Waals surface area contributed by atoms with E-state index in [0.717, 1.165) is 5.56 Å². The summed E-state index contributed by atoms with van der Waals surface area (Å²) in [4.78, 5) is 10.4. The van der Waals surface area contributed by atoms with Crippen molar-refractivity contribution in [3.05, 3.63) is 17.7 Å². The standard InChI is InChI=1S/C9H9NO4/c1-5-2-7-8(14-4-13-7)3-6(5)10-9(11)12/h2-3,10H,4H2,1H3,(H,11,12). The Morgan fingerprint density at radius 3 is 2.71 bits per heavy atom. The molecule has 0 atom stereocenters. The summed E-state index contributed by atoms with van der Waals surface area (Å²) in [6.07, 6.45) is -1.09. The van der Waals surface area contributed by atoms with Gasteiger partial charge < -0.3 is 14.6 Å². The van der Waals surface area contributed by atoms with E-state index in [2.05, 4.69) is 5.32 Å². The number of aryl methyl sites for hydroxylation is 1. The molecule has 1 heterocycles. The fourth-order valence-corrected chi connectivity index (χ4v) is 1.29. The predicted octanol–water partition coefficient (Wildman–Crippen LogP) is 1.81. The molecule has 0 aromatic heterocycles. The Bertz CT molecular complexity index is 389. The van der Waals surface area contributed by atoms with Crippen molar-refractivity contribution < 1.29 is 19.4 Å². The Kier molecular flexibility index (Phi) is 1.92. The second kappa shape index (κ2) is 3.10. The highest BCUT2D eigenvalue weighted by Crippen LogP contribution is 2.36. The number of rotatable bonds is 1. The minimum atomic E-state index is -1.09. The maximum Gasteiger partial charge on any atom is 0.409 e. The summed E-state index contributed by atoms with van der Waals surface area (Å²) in [6, 6.07) is 3.36. The molecule has 2 rings (SSSR count). The summed E-state index contributed by atoms with van der Waals surface area (Å²) in [6.45, 7) is 1.98. The minimum Gasteiger partial charge on any atom is -0.465 e. The molecule has 1 aliphatic heterocycles. The van der Waals surface area contributed by atoms with Crippen LogP contribution >= 0.6 is 0 Å². The van der Waals surface area contributed by atoms with Crippen molar-refractivity contribution >= 4 is 11.8 Å². The van der Waals surface area contributed by atoms with E-state index in [4.69, 9.17) is 14.6 Å². The van der Waals surface area contributed by atoms with Crippen LogP contribution < -0.4 is 14.8 Å². The SMILES string of the molecule is Cc1cc2c(cc1NC(=O)O)OCO2. The van der Waals surface area contributed by atoms with E-state index in [1.807, 2.05) is 0 Å².